The largest absolute Gasteiger partial charge is 0.489 e. The number of hydrogen-bond acceptors (Lipinski definition) is 4. The minimum absolute atomic E-state index is 0.0903. The van der Waals surface area contributed by atoms with Gasteiger partial charge in [-0.05, 0) is 44.9 Å². The van der Waals surface area contributed by atoms with Gasteiger partial charge < -0.3 is 9.26 Å². The third-order valence-electron chi connectivity index (χ3n) is 3.70. The van der Waals surface area contributed by atoms with Crippen molar-refractivity contribution in [1.82, 2.24) is 10.1 Å². The monoisotopic (exact) mass is 306 g/mol. The lowest BCUT2D eigenvalue weighted by Gasteiger charge is -2.11. The molecule has 5 heteroatoms. The number of aromatic nitrogens is 2. The molecule has 0 N–H and O–H groups in total. The quantitative estimate of drug-likeness (QED) is 0.811. The molecule has 1 fully saturated rings. The number of benzene rings is 1. The second kappa shape index (κ2) is 6.06. The SMILES string of the molecule is CC(C)Oc1ccc(-c2noc(C3CCCC3)n2)cc1Cl. The first kappa shape index (κ1) is 14.4. The molecule has 1 saturated carbocycles. The molecule has 1 aliphatic rings. The van der Waals surface area contributed by atoms with Gasteiger partial charge in [-0.25, -0.2) is 0 Å². The fraction of sp³-hybridized carbons (Fsp3) is 0.500. The summed E-state index contributed by atoms with van der Waals surface area (Å²) in [5.41, 5.74) is 0.851. The van der Waals surface area contributed by atoms with Crippen LogP contribution in [0, 0.1) is 0 Å². The summed E-state index contributed by atoms with van der Waals surface area (Å²) in [6, 6.07) is 5.58. The molecule has 0 spiro atoms. The zero-order valence-corrected chi connectivity index (χ0v) is 13.1. The number of hydrogen-bond donors (Lipinski definition) is 0. The fourth-order valence-electron chi connectivity index (χ4n) is 2.68. The Morgan fingerprint density at radius 3 is 2.71 bits per heavy atom. The van der Waals surface area contributed by atoms with Crippen LogP contribution in [0.5, 0.6) is 5.75 Å². The first-order chi connectivity index (χ1) is 10.1. The van der Waals surface area contributed by atoms with Gasteiger partial charge in [0.15, 0.2) is 0 Å². The lowest BCUT2D eigenvalue weighted by molar-refractivity contribution is 0.242. The lowest BCUT2D eigenvalue weighted by Crippen LogP contribution is -2.05. The Morgan fingerprint density at radius 1 is 1.29 bits per heavy atom. The van der Waals surface area contributed by atoms with E-state index in [1.807, 2.05) is 32.0 Å². The molecule has 112 valence electrons. The van der Waals surface area contributed by atoms with E-state index >= 15 is 0 Å². The molecule has 2 aromatic rings. The van der Waals surface area contributed by atoms with E-state index in [0.29, 0.717) is 22.5 Å². The number of ether oxygens (including phenoxy) is 1. The van der Waals surface area contributed by atoms with Gasteiger partial charge in [0.05, 0.1) is 11.1 Å². The predicted molar refractivity (Wildman–Crippen MR) is 81.7 cm³/mol. The second-order valence-corrected chi connectivity index (χ2v) is 6.16. The average molecular weight is 307 g/mol. The first-order valence-corrected chi connectivity index (χ1v) is 7.81. The third-order valence-corrected chi connectivity index (χ3v) is 3.99. The zero-order valence-electron chi connectivity index (χ0n) is 12.3. The Kier molecular flexibility index (Phi) is 4.15. The molecular weight excluding hydrogens is 288 g/mol. The van der Waals surface area contributed by atoms with E-state index in [1.165, 1.54) is 12.8 Å². The van der Waals surface area contributed by atoms with Gasteiger partial charge in [0, 0.05) is 11.5 Å². The van der Waals surface area contributed by atoms with Crippen molar-refractivity contribution in [2.45, 2.75) is 51.6 Å². The van der Waals surface area contributed by atoms with Crippen LogP contribution in [0.2, 0.25) is 5.02 Å². The Balaban J connectivity index is 1.82. The van der Waals surface area contributed by atoms with Crippen LogP contribution in [0.25, 0.3) is 11.4 Å². The molecule has 3 rings (SSSR count). The van der Waals surface area contributed by atoms with Crippen LogP contribution in [-0.4, -0.2) is 16.2 Å². The summed E-state index contributed by atoms with van der Waals surface area (Å²) >= 11 is 6.25. The topological polar surface area (TPSA) is 48.2 Å². The van der Waals surface area contributed by atoms with Crippen molar-refractivity contribution < 1.29 is 9.26 Å². The van der Waals surface area contributed by atoms with E-state index in [0.717, 1.165) is 24.3 Å². The van der Waals surface area contributed by atoms with Crippen molar-refractivity contribution in [1.29, 1.82) is 0 Å². The van der Waals surface area contributed by atoms with Crippen molar-refractivity contribution in [3.63, 3.8) is 0 Å². The van der Waals surface area contributed by atoms with Crippen LogP contribution >= 0.6 is 11.6 Å². The van der Waals surface area contributed by atoms with Crippen LogP contribution < -0.4 is 4.74 Å². The van der Waals surface area contributed by atoms with Crippen molar-refractivity contribution >= 4 is 11.6 Å². The normalized spacial score (nSPS) is 15.8. The molecule has 0 aliphatic heterocycles. The molecule has 0 amide bonds. The first-order valence-electron chi connectivity index (χ1n) is 7.43. The predicted octanol–water partition coefficient (Wildman–Crippen LogP) is 4.83. The van der Waals surface area contributed by atoms with Gasteiger partial charge in [0.2, 0.25) is 11.7 Å². The Hall–Kier alpha value is -1.55. The van der Waals surface area contributed by atoms with Crippen LogP contribution in [0.1, 0.15) is 51.3 Å². The summed E-state index contributed by atoms with van der Waals surface area (Å²) in [6.45, 7) is 3.94. The van der Waals surface area contributed by atoms with Crippen molar-refractivity contribution in [3.05, 3.63) is 29.1 Å². The highest BCUT2D eigenvalue weighted by Crippen LogP contribution is 2.35. The smallest absolute Gasteiger partial charge is 0.230 e. The molecule has 1 aliphatic carbocycles. The molecule has 1 aromatic heterocycles. The van der Waals surface area contributed by atoms with Gasteiger partial charge in [-0.15, -0.1) is 0 Å². The molecule has 0 radical (unpaired) electrons. The van der Waals surface area contributed by atoms with Crippen molar-refractivity contribution in [2.75, 3.05) is 0 Å². The van der Waals surface area contributed by atoms with E-state index in [2.05, 4.69) is 10.1 Å². The van der Waals surface area contributed by atoms with E-state index in [1.54, 1.807) is 0 Å². The van der Waals surface area contributed by atoms with Crippen LogP contribution in [0.15, 0.2) is 22.7 Å². The van der Waals surface area contributed by atoms with Gasteiger partial charge in [0.25, 0.3) is 0 Å². The maximum atomic E-state index is 6.25. The summed E-state index contributed by atoms with van der Waals surface area (Å²) in [5.74, 6) is 2.44. The summed E-state index contributed by atoms with van der Waals surface area (Å²) in [7, 11) is 0. The molecule has 21 heavy (non-hydrogen) atoms. The van der Waals surface area contributed by atoms with E-state index < -0.39 is 0 Å². The van der Waals surface area contributed by atoms with Gasteiger partial charge in [-0.2, -0.15) is 4.98 Å². The lowest BCUT2D eigenvalue weighted by atomic mass is 10.1. The van der Waals surface area contributed by atoms with Crippen LogP contribution in [0.4, 0.5) is 0 Å². The fourth-order valence-corrected chi connectivity index (χ4v) is 2.91. The second-order valence-electron chi connectivity index (χ2n) is 5.75. The minimum Gasteiger partial charge on any atom is -0.489 e. The van der Waals surface area contributed by atoms with Gasteiger partial charge in [-0.1, -0.05) is 29.6 Å². The number of rotatable bonds is 4. The standard InChI is InChI=1S/C16H19ClN2O2/c1-10(2)20-14-8-7-12(9-13(14)17)15-18-16(21-19-15)11-5-3-4-6-11/h7-11H,3-6H2,1-2H3. The maximum absolute atomic E-state index is 6.25. The zero-order chi connectivity index (χ0) is 14.8. The molecule has 0 atom stereocenters. The maximum Gasteiger partial charge on any atom is 0.230 e. The molecule has 1 aromatic carbocycles. The highest BCUT2D eigenvalue weighted by molar-refractivity contribution is 6.32. The molecule has 1 heterocycles. The summed E-state index contributed by atoms with van der Waals surface area (Å²) in [5, 5.41) is 4.64. The van der Waals surface area contributed by atoms with E-state index in [4.69, 9.17) is 20.9 Å². The van der Waals surface area contributed by atoms with Crippen molar-refractivity contribution in [2.24, 2.45) is 0 Å². The van der Waals surface area contributed by atoms with Gasteiger partial charge >= 0.3 is 0 Å². The van der Waals surface area contributed by atoms with E-state index in [9.17, 15) is 0 Å². The molecule has 4 nitrogen and oxygen atoms in total. The van der Waals surface area contributed by atoms with Crippen molar-refractivity contribution in [3.8, 4) is 17.1 Å². The van der Waals surface area contributed by atoms with Gasteiger partial charge in [-0.3, -0.25) is 0 Å². The molecular formula is C16H19ClN2O2. The Morgan fingerprint density at radius 2 is 2.05 bits per heavy atom. The molecule has 0 saturated heterocycles. The highest BCUT2D eigenvalue weighted by atomic mass is 35.5. The summed E-state index contributed by atoms with van der Waals surface area (Å²) in [4.78, 5) is 4.52. The highest BCUT2D eigenvalue weighted by Gasteiger charge is 2.23. The molecule has 0 unspecified atom stereocenters. The third kappa shape index (κ3) is 3.21. The van der Waals surface area contributed by atoms with Crippen LogP contribution in [-0.2, 0) is 0 Å². The average Bonchev–Trinajstić information content (AvgIpc) is 3.10. The number of nitrogens with zero attached hydrogens (tertiary/aromatic N) is 2. The Bertz CT molecular complexity index is 618. The van der Waals surface area contributed by atoms with E-state index in [-0.39, 0.29) is 6.10 Å². The molecule has 0 bridgehead atoms. The number of halogens is 1. The summed E-state index contributed by atoms with van der Waals surface area (Å²) < 4.78 is 11.0. The summed E-state index contributed by atoms with van der Waals surface area (Å²) in [6.07, 6.45) is 4.87. The minimum atomic E-state index is 0.0903. The van der Waals surface area contributed by atoms with Crippen LogP contribution in [0.3, 0.4) is 0 Å². The van der Waals surface area contributed by atoms with Gasteiger partial charge in [0.1, 0.15) is 5.75 Å². The Labute approximate surface area is 129 Å².